The lowest BCUT2D eigenvalue weighted by molar-refractivity contribution is -0.149. The smallest absolute Gasteiger partial charge is 0.307 e. The molecule has 2 aromatic rings. The van der Waals surface area contributed by atoms with Gasteiger partial charge in [-0.05, 0) is 32.6 Å². The number of aryl methyl sites for hydroxylation is 1. The Morgan fingerprint density at radius 2 is 2.00 bits per heavy atom. The van der Waals surface area contributed by atoms with Crippen LogP contribution in [0.25, 0.3) is 11.4 Å². The SMILES string of the molecule is Cc1ccc(-c2noc(CCNC(=O)[C@@H]3CC(=O)OC34CCCC4)n2)cc1. The topological polar surface area (TPSA) is 94.3 Å². The highest BCUT2D eigenvalue weighted by Crippen LogP contribution is 2.45. The van der Waals surface area contributed by atoms with Crippen LogP contribution in [0, 0.1) is 12.8 Å². The third-order valence-corrected chi connectivity index (χ3v) is 5.51. The van der Waals surface area contributed by atoms with Crippen molar-refractivity contribution in [1.29, 1.82) is 0 Å². The standard InChI is InChI=1S/C20H23N3O4/c1-13-4-6-14(7-5-13)18-22-16(27-23-18)8-11-21-19(25)15-12-17(24)26-20(15)9-2-3-10-20/h4-7,15H,2-3,8-12H2,1H3,(H,21,25)/t15-/m0/s1. The zero-order valence-corrected chi connectivity index (χ0v) is 15.4. The molecule has 2 aliphatic rings. The van der Waals surface area contributed by atoms with E-state index in [2.05, 4.69) is 15.5 Å². The Kier molecular flexibility index (Phi) is 4.68. The van der Waals surface area contributed by atoms with Crippen molar-refractivity contribution in [3.05, 3.63) is 35.7 Å². The fourth-order valence-corrected chi connectivity index (χ4v) is 4.04. The predicted molar refractivity (Wildman–Crippen MR) is 96.6 cm³/mol. The number of nitrogens with one attached hydrogen (secondary N) is 1. The van der Waals surface area contributed by atoms with Crippen LogP contribution in [0.4, 0.5) is 0 Å². The largest absolute Gasteiger partial charge is 0.458 e. The number of aromatic nitrogens is 2. The summed E-state index contributed by atoms with van der Waals surface area (Å²) in [5.41, 5.74) is 1.48. The fraction of sp³-hybridized carbons (Fsp3) is 0.500. The van der Waals surface area contributed by atoms with Crippen molar-refractivity contribution in [3.63, 3.8) is 0 Å². The van der Waals surface area contributed by atoms with E-state index in [0.717, 1.165) is 31.2 Å². The van der Waals surface area contributed by atoms with Crippen molar-refractivity contribution < 1.29 is 18.8 Å². The monoisotopic (exact) mass is 369 g/mol. The third kappa shape index (κ3) is 3.59. The van der Waals surface area contributed by atoms with Crippen LogP contribution in [-0.2, 0) is 20.7 Å². The minimum absolute atomic E-state index is 0.124. The average molecular weight is 369 g/mol. The number of rotatable bonds is 5. The van der Waals surface area contributed by atoms with Crippen LogP contribution in [0.3, 0.4) is 0 Å². The maximum absolute atomic E-state index is 12.6. The third-order valence-electron chi connectivity index (χ3n) is 5.51. The molecule has 1 spiro atoms. The van der Waals surface area contributed by atoms with Crippen LogP contribution in [0.1, 0.15) is 43.6 Å². The molecule has 7 nitrogen and oxygen atoms in total. The molecule has 1 aliphatic carbocycles. The number of benzene rings is 1. The Balaban J connectivity index is 1.33. The first-order chi connectivity index (χ1) is 13.1. The normalized spacial score (nSPS) is 20.8. The van der Waals surface area contributed by atoms with Gasteiger partial charge in [0.1, 0.15) is 5.60 Å². The second-order valence-electron chi connectivity index (χ2n) is 7.42. The number of ether oxygens (including phenoxy) is 1. The molecular formula is C20H23N3O4. The second kappa shape index (κ2) is 7.13. The van der Waals surface area contributed by atoms with Gasteiger partial charge < -0.3 is 14.6 Å². The van der Waals surface area contributed by atoms with Crippen molar-refractivity contribution in [1.82, 2.24) is 15.5 Å². The molecule has 27 heavy (non-hydrogen) atoms. The van der Waals surface area contributed by atoms with Crippen LogP contribution in [0.15, 0.2) is 28.8 Å². The van der Waals surface area contributed by atoms with Crippen molar-refractivity contribution in [3.8, 4) is 11.4 Å². The fourth-order valence-electron chi connectivity index (χ4n) is 4.04. The molecule has 7 heteroatoms. The van der Waals surface area contributed by atoms with Gasteiger partial charge in [0.05, 0.1) is 12.3 Å². The number of nitrogens with zero attached hydrogens (tertiary/aromatic N) is 2. The van der Waals surface area contributed by atoms with Gasteiger partial charge in [-0.25, -0.2) is 0 Å². The highest BCUT2D eigenvalue weighted by molar-refractivity contribution is 5.87. The number of carbonyl (C=O) groups is 2. The second-order valence-corrected chi connectivity index (χ2v) is 7.42. The molecule has 0 unspecified atom stereocenters. The summed E-state index contributed by atoms with van der Waals surface area (Å²) in [6.45, 7) is 2.40. The summed E-state index contributed by atoms with van der Waals surface area (Å²) < 4.78 is 10.8. The van der Waals surface area contributed by atoms with Gasteiger partial charge in [-0.1, -0.05) is 35.0 Å². The lowest BCUT2D eigenvalue weighted by Crippen LogP contribution is -2.43. The van der Waals surface area contributed by atoms with Gasteiger partial charge in [-0.3, -0.25) is 9.59 Å². The van der Waals surface area contributed by atoms with E-state index >= 15 is 0 Å². The van der Waals surface area contributed by atoms with Gasteiger partial charge >= 0.3 is 5.97 Å². The Bertz CT molecular complexity index is 837. The maximum atomic E-state index is 12.6. The molecule has 1 saturated heterocycles. The molecule has 1 amide bonds. The summed E-state index contributed by atoms with van der Waals surface area (Å²) in [4.78, 5) is 28.7. The van der Waals surface area contributed by atoms with Crippen molar-refractivity contribution >= 4 is 11.9 Å². The number of hydrogen-bond donors (Lipinski definition) is 1. The van der Waals surface area contributed by atoms with Gasteiger partial charge in [0.15, 0.2) is 0 Å². The highest BCUT2D eigenvalue weighted by Gasteiger charge is 2.53. The lowest BCUT2D eigenvalue weighted by atomic mass is 9.85. The molecule has 142 valence electrons. The van der Waals surface area contributed by atoms with E-state index in [1.54, 1.807) is 0 Å². The van der Waals surface area contributed by atoms with Crippen LogP contribution in [0.2, 0.25) is 0 Å². The number of carbonyl (C=O) groups excluding carboxylic acids is 2. The Hall–Kier alpha value is -2.70. The molecule has 0 radical (unpaired) electrons. The average Bonchev–Trinajstić information content (AvgIpc) is 3.37. The minimum atomic E-state index is -0.579. The van der Waals surface area contributed by atoms with E-state index in [4.69, 9.17) is 9.26 Å². The van der Waals surface area contributed by atoms with Crippen molar-refractivity contribution in [2.24, 2.45) is 5.92 Å². The maximum Gasteiger partial charge on any atom is 0.307 e. The predicted octanol–water partition coefficient (Wildman–Crippen LogP) is 2.58. The molecule has 0 bridgehead atoms. The number of hydrogen-bond acceptors (Lipinski definition) is 6. The van der Waals surface area contributed by atoms with E-state index in [1.807, 2.05) is 31.2 Å². The Morgan fingerprint density at radius 3 is 2.74 bits per heavy atom. The van der Waals surface area contributed by atoms with E-state index in [9.17, 15) is 9.59 Å². The number of esters is 1. The van der Waals surface area contributed by atoms with Gasteiger partial charge in [0, 0.05) is 18.5 Å². The van der Waals surface area contributed by atoms with Crippen LogP contribution in [-0.4, -0.2) is 34.2 Å². The van der Waals surface area contributed by atoms with Crippen molar-refractivity contribution in [2.45, 2.75) is 51.0 Å². The zero-order valence-electron chi connectivity index (χ0n) is 15.4. The van der Waals surface area contributed by atoms with Gasteiger partial charge in [-0.2, -0.15) is 4.98 Å². The molecule has 1 aromatic heterocycles. The summed E-state index contributed by atoms with van der Waals surface area (Å²) in [5.74, 6) is 0.229. The Morgan fingerprint density at radius 1 is 1.26 bits per heavy atom. The summed E-state index contributed by atoms with van der Waals surface area (Å²) in [5, 5.41) is 6.90. The Labute approximate surface area is 157 Å². The van der Waals surface area contributed by atoms with Gasteiger partial charge in [0.25, 0.3) is 0 Å². The van der Waals surface area contributed by atoms with Gasteiger partial charge in [-0.15, -0.1) is 0 Å². The van der Waals surface area contributed by atoms with Crippen LogP contribution >= 0.6 is 0 Å². The van der Waals surface area contributed by atoms with Crippen molar-refractivity contribution in [2.75, 3.05) is 6.54 Å². The summed E-state index contributed by atoms with van der Waals surface area (Å²) in [7, 11) is 0. The van der Waals surface area contributed by atoms with Crippen LogP contribution < -0.4 is 5.32 Å². The first-order valence-corrected chi connectivity index (χ1v) is 9.45. The summed E-state index contributed by atoms with van der Waals surface area (Å²) in [6, 6.07) is 7.89. The molecule has 1 N–H and O–H groups in total. The quantitative estimate of drug-likeness (QED) is 0.814. The molecule has 2 heterocycles. The van der Waals surface area contributed by atoms with E-state index in [1.165, 1.54) is 5.56 Å². The van der Waals surface area contributed by atoms with E-state index in [-0.39, 0.29) is 18.3 Å². The minimum Gasteiger partial charge on any atom is -0.458 e. The first-order valence-electron chi connectivity index (χ1n) is 9.45. The first kappa shape index (κ1) is 17.7. The number of amides is 1. The molecular weight excluding hydrogens is 346 g/mol. The summed E-state index contributed by atoms with van der Waals surface area (Å²) >= 11 is 0. The zero-order chi connectivity index (χ0) is 18.9. The molecule has 1 atom stereocenters. The highest BCUT2D eigenvalue weighted by atomic mass is 16.6. The molecule has 1 saturated carbocycles. The van der Waals surface area contributed by atoms with E-state index < -0.39 is 11.5 Å². The van der Waals surface area contributed by atoms with Gasteiger partial charge in [0.2, 0.25) is 17.6 Å². The van der Waals surface area contributed by atoms with E-state index in [0.29, 0.717) is 24.7 Å². The van der Waals surface area contributed by atoms with Crippen LogP contribution in [0.5, 0.6) is 0 Å². The molecule has 2 fully saturated rings. The molecule has 1 aliphatic heterocycles. The molecule has 4 rings (SSSR count). The molecule has 1 aromatic carbocycles. The summed E-state index contributed by atoms with van der Waals surface area (Å²) in [6.07, 6.45) is 4.17. The lowest BCUT2D eigenvalue weighted by Gasteiger charge is -2.27.